The number of aldehydes is 1. The summed E-state index contributed by atoms with van der Waals surface area (Å²) < 4.78 is 2.09. The maximum Gasteiger partial charge on any atom is 0.161 e. The lowest BCUT2D eigenvalue weighted by atomic mass is 10.2. The van der Waals surface area contributed by atoms with Crippen molar-refractivity contribution >= 4 is 28.5 Å². The van der Waals surface area contributed by atoms with Crippen LogP contribution in [0, 0.1) is 6.92 Å². The molecule has 0 bridgehead atoms. The summed E-state index contributed by atoms with van der Waals surface area (Å²) in [5.41, 5.74) is 3.07. The Labute approximate surface area is 109 Å². The van der Waals surface area contributed by atoms with E-state index in [1.807, 2.05) is 26.1 Å². The molecule has 0 saturated heterocycles. The number of hydrogen-bond donors (Lipinski definition) is 0. The van der Waals surface area contributed by atoms with Crippen molar-refractivity contribution in [2.75, 3.05) is 0 Å². The molecule has 1 aromatic carbocycles. The van der Waals surface area contributed by atoms with Gasteiger partial charge in [-0.1, -0.05) is 18.2 Å². The normalized spacial score (nSPS) is 11.0. The molecule has 0 aliphatic carbocycles. The number of carbonyl (C=O) groups excluding carboxylic acids is 1. The fourth-order valence-electron chi connectivity index (χ4n) is 2.14. The quantitative estimate of drug-likeness (QED) is 0.658. The van der Waals surface area contributed by atoms with Crippen molar-refractivity contribution in [3.8, 4) is 10.6 Å². The number of hydrogen-bond acceptors (Lipinski definition) is 3. The van der Waals surface area contributed by atoms with Gasteiger partial charge in [0.1, 0.15) is 5.01 Å². The topological polar surface area (TPSA) is 34.9 Å². The number of nitrogens with zero attached hydrogens (tertiary/aromatic N) is 2. The highest BCUT2D eigenvalue weighted by atomic mass is 32.1. The van der Waals surface area contributed by atoms with Gasteiger partial charge in [0.15, 0.2) is 6.29 Å². The smallest absolute Gasteiger partial charge is 0.161 e. The molecule has 4 heteroatoms. The average Bonchev–Trinajstić information content (AvgIpc) is 2.91. The van der Waals surface area contributed by atoms with Crippen LogP contribution in [0.15, 0.2) is 30.5 Å². The van der Waals surface area contributed by atoms with Crippen molar-refractivity contribution in [2.24, 2.45) is 7.05 Å². The summed E-state index contributed by atoms with van der Waals surface area (Å²) >= 11 is 1.45. The molecule has 2 heterocycles. The van der Waals surface area contributed by atoms with Gasteiger partial charge in [0.2, 0.25) is 0 Å². The van der Waals surface area contributed by atoms with E-state index in [4.69, 9.17) is 0 Å². The molecule has 0 fully saturated rings. The van der Waals surface area contributed by atoms with Gasteiger partial charge >= 0.3 is 0 Å². The van der Waals surface area contributed by atoms with Gasteiger partial charge in [-0.3, -0.25) is 4.79 Å². The van der Waals surface area contributed by atoms with Gasteiger partial charge in [-0.2, -0.15) is 0 Å². The zero-order valence-electron chi connectivity index (χ0n) is 10.2. The van der Waals surface area contributed by atoms with E-state index in [-0.39, 0.29) is 0 Å². The van der Waals surface area contributed by atoms with Gasteiger partial charge in [0, 0.05) is 29.7 Å². The molecule has 90 valence electrons. The number of rotatable bonds is 2. The van der Waals surface area contributed by atoms with E-state index in [0.717, 1.165) is 22.6 Å². The molecule has 0 N–H and O–H groups in total. The minimum Gasteiger partial charge on any atom is -0.350 e. The van der Waals surface area contributed by atoms with Crippen molar-refractivity contribution in [1.82, 2.24) is 9.55 Å². The second-order valence-corrected chi connectivity index (χ2v) is 5.29. The molecule has 0 radical (unpaired) electrons. The first kappa shape index (κ1) is 11.2. The van der Waals surface area contributed by atoms with E-state index in [9.17, 15) is 4.79 Å². The minimum atomic E-state index is 0.706. The highest BCUT2D eigenvalue weighted by molar-refractivity contribution is 7.16. The molecule has 0 unspecified atom stereocenters. The Morgan fingerprint density at radius 2 is 2.11 bits per heavy atom. The van der Waals surface area contributed by atoms with Crippen molar-refractivity contribution in [3.63, 3.8) is 0 Å². The van der Waals surface area contributed by atoms with Crippen LogP contribution in [0.2, 0.25) is 0 Å². The molecule has 0 saturated carbocycles. The van der Waals surface area contributed by atoms with Gasteiger partial charge in [0.05, 0.1) is 10.6 Å². The lowest BCUT2D eigenvalue weighted by Gasteiger charge is -1.93. The van der Waals surface area contributed by atoms with Crippen LogP contribution < -0.4 is 0 Å². The second kappa shape index (κ2) is 4.07. The van der Waals surface area contributed by atoms with Crippen LogP contribution in [-0.4, -0.2) is 15.8 Å². The standard InChI is InChI=1S/C14H12N2OS/c1-9-13(8-17)18-14(15-9)11-7-16(2)12-6-4-3-5-10(11)12/h3-8H,1-2H3. The Balaban J connectivity index is 2.28. The molecular weight excluding hydrogens is 244 g/mol. The number of carbonyl (C=O) groups is 1. The predicted molar refractivity (Wildman–Crippen MR) is 74.2 cm³/mol. The first-order valence-corrected chi connectivity index (χ1v) is 6.49. The van der Waals surface area contributed by atoms with Crippen molar-refractivity contribution in [1.29, 1.82) is 0 Å². The summed E-state index contributed by atoms with van der Waals surface area (Å²) in [4.78, 5) is 16.1. The molecule has 2 aromatic heterocycles. The van der Waals surface area contributed by atoms with Crippen molar-refractivity contribution < 1.29 is 4.79 Å². The third-order valence-corrected chi connectivity index (χ3v) is 4.18. The van der Waals surface area contributed by atoms with Crippen LogP contribution in [0.4, 0.5) is 0 Å². The number of fused-ring (bicyclic) bond motifs is 1. The maximum absolute atomic E-state index is 10.9. The lowest BCUT2D eigenvalue weighted by molar-refractivity contribution is 0.112. The minimum absolute atomic E-state index is 0.706. The molecule has 0 spiro atoms. The number of aryl methyl sites for hydroxylation is 2. The van der Waals surface area contributed by atoms with E-state index in [1.54, 1.807) is 0 Å². The van der Waals surface area contributed by atoms with Crippen molar-refractivity contribution in [3.05, 3.63) is 41.0 Å². The number of aromatic nitrogens is 2. The Morgan fingerprint density at radius 3 is 2.83 bits per heavy atom. The molecule has 0 atom stereocenters. The first-order chi connectivity index (χ1) is 8.70. The predicted octanol–water partition coefficient (Wildman–Crippen LogP) is 3.42. The Morgan fingerprint density at radius 1 is 1.33 bits per heavy atom. The maximum atomic E-state index is 10.9. The number of thiazole rings is 1. The van der Waals surface area contributed by atoms with Crippen LogP contribution in [0.1, 0.15) is 15.4 Å². The van der Waals surface area contributed by atoms with E-state index < -0.39 is 0 Å². The molecule has 0 aliphatic heterocycles. The highest BCUT2D eigenvalue weighted by Crippen LogP contribution is 2.33. The number of benzene rings is 1. The average molecular weight is 256 g/mol. The van der Waals surface area contributed by atoms with Crippen molar-refractivity contribution in [2.45, 2.75) is 6.92 Å². The summed E-state index contributed by atoms with van der Waals surface area (Å²) in [7, 11) is 2.02. The zero-order chi connectivity index (χ0) is 12.7. The van der Waals surface area contributed by atoms with E-state index in [0.29, 0.717) is 4.88 Å². The van der Waals surface area contributed by atoms with Crippen LogP contribution in [0.5, 0.6) is 0 Å². The largest absolute Gasteiger partial charge is 0.350 e. The van der Waals surface area contributed by atoms with Gasteiger partial charge in [-0.25, -0.2) is 4.98 Å². The zero-order valence-corrected chi connectivity index (χ0v) is 11.0. The molecule has 3 aromatic rings. The van der Waals surface area contributed by atoms with Crippen LogP contribution in [0.25, 0.3) is 21.5 Å². The van der Waals surface area contributed by atoms with E-state index in [2.05, 4.69) is 27.9 Å². The fraction of sp³-hybridized carbons (Fsp3) is 0.143. The third-order valence-electron chi connectivity index (χ3n) is 3.07. The molecule has 3 rings (SSSR count). The molecular formula is C14H12N2OS. The van der Waals surface area contributed by atoms with Gasteiger partial charge in [-0.15, -0.1) is 11.3 Å². The summed E-state index contributed by atoms with van der Waals surface area (Å²) in [5.74, 6) is 0. The van der Waals surface area contributed by atoms with Crippen LogP contribution in [-0.2, 0) is 7.05 Å². The monoisotopic (exact) mass is 256 g/mol. The Hall–Kier alpha value is -1.94. The SMILES string of the molecule is Cc1nc(-c2cn(C)c3ccccc23)sc1C=O. The molecule has 18 heavy (non-hydrogen) atoms. The second-order valence-electron chi connectivity index (χ2n) is 4.26. The van der Waals surface area contributed by atoms with Crippen LogP contribution in [0.3, 0.4) is 0 Å². The van der Waals surface area contributed by atoms with Gasteiger partial charge in [-0.05, 0) is 13.0 Å². The fourth-order valence-corrected chi connectivity index (χ4v) is 3.05. The molecule has 0 aliphatic rings. The van der Waals surface area contributed by atoms with Gasteiger partial charge < -0.3 is 4.57 Å². The highest BCUT2D eigenvalue weighted by Gasteiger charge is 2.13. The summed E-state index contributed by atoms with van der Waals surface area (Å²) in [6, 6.07) is 8.21. The lowest BCUT2D eigenvalue weighted by Crippen LogP contribution is -1.81. The number of para-hydroxylation sites is 1. The Kier molecular flexibility index (Phi) is 2.52. The third kappa shape index (κ3) is 1.57. The molecule has 0 amide bonds. The summed E-state index contributed by atoms with van der Waals surface area (Å²) in [6.07, 6.45) is 2.94. The first-order valence-electron chi connectivity index (χ1n) is 5.67. The summed E-state index contributed by atoms with van der Waals surface area (Å²) in [5, 5.41) is 2.08. The Bertz CT molecular complexity index is 739. The van der Waals surface area contributed by atoms with E-state index >= 15 is 0 Å². The molecule has 3 nitrogen and oxygen atoms in total. The van der Waals surface area contributed by atoms with E-state index in [1.165, 1.54) is 22.2 Å². The summed E-state index contributed by atoms with van der Waals surface area (Å²) in [6.45, 7) is 1.87. The van der Waals surface area contributed by atoms with Gasteiger partial charge in [0.25, 0.3) is 0 Å². The van der Waals surface area contributed by atoms with Crippen LogP contribution >= 0.6 is 11.3 Å².